The smallest absolute Gasteiger partial charge is 0.217 e. The van der Waals surface area contributed by atoms with E-state index >= 15 is 0 Å². The molecule has 0 N–H and O–H groups in total. The molecule has 0 amide bonds. The van der Waals surface area contributed by atoms with Crippen LogP contribution in [0.15, 0.2) is 4.73 Å². The molecule has 2 heterocycles. The average Bonchev–Trinajstić information content (AvgIpc) is 2.49. The summed E-state index contributed by atoms with van der Waals surface area (Å²) in [6.45, 7) is 5.39. The number of aryl methyl sites for hydroxylation is 1. The first kappa shape index (κ1) is 11.0. The van der Waals surface area contributed by atoms with E-state index in [9.17, 15) is 0 Å². The maximum atomic E-state index is 4.34. The van der Waals surface area contributed by atoms with Crippen LogP contribution in [0.4, 0.5) is 0 Å². The summed E-state index contributed by atoms with van der Waals surface area (Å²) in [5.74, 6) is 1.02. The summed E-state index contributed by atoms with van der Waals surface area (Å²) < 4.78 is 2.51. The van der Waals surface area contributed by atoms with Gasteiger partial charge < -0.3 is 4.90 Å². The van der Waals surface area contributed by atoms with Gasteiger partial charge in [-0.3, -0.25) is 9.58 Å². The molecule has 0 saturated carbocycles. The van der Waals surface area contributed by atoms with Gasteiger partial charge in [0.2, 0.25) is 4.73 Å². The lowest BCUT2D eigenvalue weighted by atomic mass is 10.3. The highest BCUT2D eigenvalue weighted by Crippen LogP contribution is 2.08. The first-order valence-electron chi connectivity index (χ1n) is 5.11. The van der Waals surface area contributed by atoms with Crippen LogP contribution in [0.3, 0.4) is 0 Å². The molecule has 1 aromatic rings. The van der Waals surface area contributed by atoms with Crippen LogP contribution in [0.5, 0.6) is 0 Å². The molecule has 1 fully saturated rings. The molecule has 15 heavy (non-hydrogen) atoms. The van der Waals surface area contributed by atoms with Crippen LogP contribution in [-0.4, -0.2) is 57.8 Å². The van der Waals surface area contributed by atoms with Gasteiger partial charge in [-0.15, -0.1) is 5.10 Å². The molecular weight excluding hydrogens is 258 g/mol. The molecule has 1 aliphatic heterocycles. The zero-order chi connectivity index (χ0) is 10.8. The molecule has 0 unspecified atom stereocenters. The third-order valence-corrected chi connectivity index (χ3v) is 3.12. The van der Waals surface area contributed by atoms with Gasteiger partial charge in [0.25, 0.3) is 0 Å². The van der Waals surface area contributed by atoms with Crippen molar-refractivity contribution in [2.24, 2.45) is 7.05 Å². The normalized spacial score (nSPS) is 19.7. The van der Waals surface area contributed by atoms with Gasteiger partial charge in [-0.25, -0.2) is 4.98 Å². The Bertz CT molecular complexity index is 329. The Morgan fingerprint density at radius 3 is 2.40 bits per heavy atom. The van der Waals surface area contributed by atoms with Crippen molar-refractivity contribution in [2.45, 2.75) is 6.54 Å². The second kappa shape index (κ2) is 4.59. The predicted octanol–water partition coefficient (Wildman–Crippen LogP) is 0.325. The topological polar surface area (TPSA) is 37.2 Å². The van der Waals surface area contributed by atoms with Gasteiger partial charge in [0, 0.05) is 33.2 Å². The molecule has 0 aromatic carbocycles. The summed E-state index contributed by atoms with van der Waals surface area (Å²) in [6.07, 6.45) is 0. The summed E-state index contributed by atoms with van der Waals surface area (Å²) in [6, 6.07) is 0. The van der Waals surface area contributed by atoms with Crippen LogP contribution in [0.25, 0.3) is 0 Å². The minimum atomic E-state index is 0.675. The van der Waals surface area contributed by atoms with Crippen molar-refractivity contribution in [1.29, 1.82) is 0 Å². The Kier molecular flexibility index (Phi) is 3.38. The molecule has 0 spiro atoms. The standard InChI is InChI=1S/C9H16BrN5/c1-13-3-5-15(6-4-13)7-8-11-9(10)12-14(8)2/h3-7H2,1-2H3. The molecule has 6 heteroatoms. The summed E-state index contributed by atoms with van der Waals surface area (Å²) in [5, 5.41) is 4.18. The lowest BCUT2D eigenvalue weighted by molar-refractivity contribution is 0.144. The number of piperazine rings is 1. The van der Waals surface area contributed by atoms with Crippen molar-refractivity contribution in [3.8, 4) is 0 Å². The molecular formula is C9H16BrN5. The summed E-state index contributed by atoms with van der Waals surface area (Å²) in [4.78, 5) is 9.10. The van der Waals surface area contributed by atoms with Gasteiger partial charge in [-0.05, 0) is 23.0 Å². The Balaban J connectivity index is 1.94. The molecule has 0 radical (unpaired) electrons. The van der Waals surface area contributed by atoms with Crippen LogP contribution >= 0.6 is 15.9 Å². The van der Waals surface area contributed by atoms with E-state index in [4.69, 9.17) is 0 Å². The minimum Gasteiger partial charge on any atom is -0.304 e. The van der Waals surface area contributed by atoms with Crippen LogP contribution in [0.1, 0.15) is 5.82 Å². The second-order valence-electron chi connectivity index (χ2n) is 4.00. The number of likely N-dealkylation sites (N-methyl/N-ethyl adjacent to an activating group) is 1. The maximum Gasteiger partial charge on any atom is 0.217 e. The number of hydrogen-bond acceptors (Lipinski definition) is 4. The van der Waals surface area contributed by atoms with Crippen molar-refractivity contribution < 1.29 is 0 Å². The third-order valence-electron chi connectivity index (χ3n) is 2.79. The first-order chi connectivity index (χ1) is 7.15. The van der Waals surface area contributed by atoms with Crippen LogP contribution in [0, 0.1) is 0 Å². The quantitative estimate of drug-likeness (QED) is 0.778. The highest BCUT2D eigenvalue weighted by molar-refractivity contribution is 9.10. The lowest BCUT2D eigenvalue weighted by Gasteiger charge is -2.31. The molecule has 5 nitrogen and oxygen atoms in total. The fraction of sp³-hybridized carbons (Fsp3) is 0.778. The Morgan fingerprint density at radius 1 is 1.20 bits per heavy atom. The Morgan fingerprint density at radius 2 is 1.87 bits per heavy atom. The van der Waals surface area contributed by atoms with Crippen LogP contribution in [0.2, 0.25) is 0 Å². The maximum absolute atomic E-state index is 4.34. The van der Waals surface area contributed by atoms with Gasteiger partial charge in [0.1, 0.15) is 5.82 Å². The third kappa shape index (κ3) is 2.76. The van der Waals surface area contributed by atoms with E-state index in [-0.39, 0.29) is 0 Å². The van der Waals surface area contributed by atoms with E-state index in [0.717, 1.165) is 38.5 Å². The van der Waals surface area contributed by atoms with E-state index in [1.165, 1.54) is 0 Å². The van der Waals surface area contributed by atoms with Gasteiger partial charge in [-0.1, -0.05) is 0 Å². The fourth-order valence-corrected chi connectivity index (χ4v) is 2.17. The molecule has 1 aliphatic rings. The predicted molar refractivity (Wildman–Crippen MR) is 61.5 cm³/mol. The highest BCUT2D eigenvalue weighted by atomic mass is 79.9. The van der Waals surface area contributed by atoms with Gasteiger partial charge in [0.15, 0.2) is 0 Å². The van der Waals surface area contributed by atoms with E-state index in [1.54, 1.807) is 0 Å². The second-order valence-corrected chi connectivity index (χ2v) is 4.71. The van der Waals surface area contributed by atoms with Crippen molar-refractivity contribution in [2.75, 3.05) is 33.2 Å². The lowest BCUT2D eigenvalue weighted by Crippen LogP contribution is -2.44. The molecule has 1 saturated heterocycles. The summed E-state index contributed by atoms with van der Waals surface area (Å²) in [5.41, 5.74) is 0. The average molecular weight is 274 g/mol. The Hall–Kier alpha value is -0.460. The Labute approximate surface area is 98.2 Å². The SMILES string of the molecule is CN1CCN(Cc2nc(Br)nn2C)CC1. The number of nitrogens with zero attached hydrogens (tertiary/aromatic N) is 5. The fourth-order valence-electron chi connectivity index (χ4n) is 1.73. The molecule has 2 rings (SSSR count). The van der Waals surface area contributed by atoms with Crippen molar-refractivity contribution in [3.63, 3.8) is 0 Å². The van der Waals surface area contributed by atoms with E-state index < -0.39 is 0 Å². The molecule has 1 aromatic heterocycles. The first-order valence-corrected chi connectivity index (χ1v) is 5.91. The van der Waals surface area contributed by atoms with Crippen molar-refractivity contribution in [3.05, 3.63) is 10.6 Å². The van der Waals surface area contributed by atoms with Crippen LogP contribution < -0.4 is 0 Å². The van der Waals surface area contributed by atoms with Gasteiger partial charge >= 0.3 is 0 Å². The molecule has 0 bridgehead atoms. The number of rotatable bonds is 2. The summed E-state index contributed by atoms with van der Waals surface area (Å²) in [7, 11) is 4.10. The minimum absolute atomic E-state index is 0.675. The van der Waals surface area contributed by atoms with Crippen LogP contribution in [-0.2, 0) is 13.6 Å². The largest absolute Gasteiger partial charge is 0.304 e. The zero-order valence-electron chi connectivity index (χ0n) is 9.15. The number of aromatic nitrogens is 3. The van der Waals surface area contributed by atoms with Crippen molar-refractivity contribution >= 4 is 15.9 Å². The van der Waals surface area contributed by atoms with Gasteiger partial charge in [-0.2, -0.15) is 0 Å². The van der Waals surface area contributed by atoms with E-state index in [2.05, 4.69) is 42.9 Å². The highest BCUT2D eigenvalue weighted by Gasteiger charge is 2.16. The molecule has 84 valence electrons. The molecule has 0 atom stereocenters. The van der Waals surface area contributed by atoms with E-state index in [0.29, 0.717) is 4.73 Å². The monoisotopic (exact) mass is 273 g/mol. The van der Waals surface area contributed by atoms with E-state index in [1.807, 2.05) is 11.7 Å². The van der Waals surface area contributed by atoms with Gasteiger partial charge in [0.05, 0.1) is 6.54 Å². The van der Waals surface area contributed by atoms with Crippen molar-refractivity contribution in [1.82, 2.24) is 24.6 Å². The molecule has 0 aliphatic carbocycles. The zero-order valence-corrected chi connectivity index (χ0v) is 10.7. The number of halogens is 1. The number of hydrogen-bond donors (Lipinski definition) is 0. The summed E-state index contributed by atoms with van der Waals surface area (Å²) >= 11 is 3.29.